The summed E-state index contributed by atoms with van der Waals surface area (Å²) in [7, 11) is -1.96. The number of benzene rings is 1. The molecule has 1 aromatic heterocycles. The van der Waals surface area contributed by atoms with Gasteiger partial charge in [-0.05, 0) is 32.0 Å². The SMILES string of the molecule is Cc1cc(C(=O)COC(=O)CNS(=O)(=O)c2ccccc2)c(C)n1C. The Morgan fingerprint density at radius 1 is 1.16 bits per heavy atom. The highest BCUT2D eigenvalue weighted by atomic mass is 32.2. The van der Waals surface area contributed by atoms with Gasteiger partial charge in [-0.3, -0.25) is 9.59 Å². The van der Waals surface area contributed by atoms with Crippen molar-refractivity contribution < 1.29 is 22.7 Å². The minimum atomic E-state index is -3.79. The maximum Gasteiger partial charge on any atom is 0.321 e. The van der Waals surface area contributed by atoms with E-state index in [1.54, 1.807) is 31.2 Å². The Morgan fingerprint density at radius 2 is 1.80 bits per heavy atom. The Balaban J connectivity index is 1.89. The molecule has 0 aliphatic heterocycles. The van der Waals surface area contributed by atoms with Gasteiger partial charge in [-0.15, -0.1) is 0 Å². The van der Waals surface area contributed by atoms with Gasteiger partial charge in [-0.2, -0.15) is 4.72 Å². The number of carbonyl (C=O) groups is 2. The lowest BCUT2D eigenvalue weighted by Gasteiger charge is -2.07. The second-order valence-corrected chi connectivity index (χ2v) is 7.33. The number of nitrogens with zero attached hydrogens (tertiary/aromatic N) is 1. The summed E-state index contributed by atoms with van der Waals surface area (Å²) in [5, 5.41) is 0. The Hall–Kier alpha value is -2.45. The van der Waals surface area contributed by atoms with Crippen LogP contribution in [0, 0.1) is 13.8 Å². The summed E-state index contributed by atoms with van der Waals surface area (Å²) in [6.45, 7) is 2.69. The van der Waals surface area contributed by atoms with Crippen LogP contribution in [0.3, 0.4) is 0 Å². The number of aromatic nitrogens is 1. The molecule has 0 saturated heterocycles. The maximum atomic E-state index is 12.1. The van der Waals surface area contributed by atoms with Crippen LogP contribution in [-0.4, -0.2) is 37.9 Å². The molecule has 0 fully saturated rings. The van der Waals surface area contributed by atoms with Crippen molar-refractivity contribution in [2.75, 3.05) is 13.2 Å². The third-order valence-corrected chi connectivity index (χ3v) is 5.32. The number of esters is 1. The zero-order valence-electron chi connectivity index (χ0n) is 14.3. The van der Waals surface area contributed by atoms with Crippen molar-refractivity contribution in [2.24, 2.45) is 7.05 Å². The molecule has 0 atom stereocenters. The van der Waals surface area contributed by atoms with E-state index in [1.165, 1.54) is 12.1 Å². The average molecular weight is 364 g/mol. The Bertz CT molecular complexity index is 885. The van der Waals surface area contributed by atoms with Gasteiger partial charge < -0.3 is 9.30 Å². The van der Waals surface area contributed by atoms with Crippen LogP contribution >= 0.6 is 0 Å². The van der Waals surface area contributed by atoms with Gasteiger partial charge >= 0.3 is 5.97 Å². The number of rotatable bonds is 7. The topological polar surface area (TPSA) is 94.5 Å². The van der Waals surface area contributed by atoms with E-state index in [2.05, 4.69) is 4.72 Å². The first-order valence-electron chi connectivity index (χ1n) is 7.59. The number of ether oxygens (including phenoxy) is 1. The molecule has 2 aromatic rings. The Kier molecular flexibility index (Phi) is 5.76. The van der Waals surface area contributed by atoms with Crippen LogP contribution in [0.15, 0.2) is 41.3 Å². The fraction of sp³-hybridized carbons (Fsp3) is 0.294. The van der Waals surface area contributed by atoms with Crippen LogP contribution in [-0.2, 0) is 26.6 Å². The number of carbonyl (C=O) groups excluding carboxylic acids is 2. The predicted molar refractivity (Wildman–Crippen MR) is 91.8 cm³/mol. The van der Waals surface area contributed by atoms with Gasteiger partial charge in [0.25, 0.3) is 0 Å². The van der Waals surface area contributed by atoms with Crippen LogP contribution in [0.2, 0.25) is 0 Å². The zero-order valence-corrected chi connectivity index (χ0v) is 15.1. The highest BCUT2D eigenvalue weighted by Crippen LogP contribution is 2.14. The first-order valence-corrected chi connectivity index (χ1v) is 9.07. The molecule has 0 amide bonds. The monoisotopic (exact) mass is 364 g/mol. The number of Topliss-reactive ketones (excluding diaryl/α,β-unsaturated/α-hetero) is 1. The van der Waals surface area contributed by atoms with Crippen LogP contribution in [0.4, 0.5) is 0 Å². The molecule has 0 unspecified atom stereocenters. The first-order chi connectivity index (χ1) is 11.7. The molecule has 25 heavy (non-hydrogen) atoms. The summed E-state index contributed by atoms with van der Waals surface area (Å²) in [6.07, 6.45) is 0. The first kappa shape index (κ1) is 18.9. The zero-order chi connectivity index (χ0) is 18.6. The second kappa shape index (κ2) is 7.62. The maximum absolute atomic E-state index is 12.1. The predicted octanol–water partition coefficient (Wildman–Crippen LogP) is 1.35. The van der Waals surface area contributed by atoms with E-state index in [-0.39, 0.29) is 10.7 Å². The fourth-order valence-electron chi connectivity index (χ4n) is 2.25. The molecule has 134 valence electrons. The van der Waals surface area contributed by atoms with Gasteiger partial charge in [0, 0.05) is 24.0 Å². The minimum absolute atomic E-state index is 0.0502. The third kappa shape index (κ3) is 4.55. The smallest absolute Gasteiger partial charge is 0.321 e. The highest BCUT2D eigenvalue weighted by molar-refractivity contribution is 7.89. The van der Waals surface area contributed by atoms with E-state index in [0.717, 1.165) is 11.4 Å². The molecular weight excluding hydrogens is 344 g/mol. The Labute approximate surface area is 146 Å². The van der Waals surface area contributed by atoms with Gasteiger partial charge in [0.1, 0.15) is 6.54 Å². The lowest BCUT2D eigenvalue weighted by atomic mass is 10.1. The van der Waals surface area contributed by atoms with E-state index in [9.17, 15) is 18.0 Å². The number of nitrogens with one attached hydrogen (secondary N) is 1. The molecule has 1 heterocycles. The summed E-state index contributed by atoms with van der Waals surface area (Å²) < 4.78 is 32.9. The normalized spacial score (nSPS) is 11.3. The summed E-state index contributed by atoms with van der Waals surface area (Å²) >= 11 is 0. The van der Waals surface area contributed by atoms with Crippen molar-refractivity contribution >= 4 is 21.8 Å². The summed E-state index contributed by atoms with van der Waals surface area (Å²) in [4.78, 5) is 23.9. The molecule has 0 radical (unpaired) electrons. The van der Waals surface area contributed by atoms with Crippen LogP contribution in [0.5, 0.6) is 0 Å². The van der Waals surface area contributed by atoms with Gasteiger partial charge in [-0.1, -0.05) is 18.2 Å². The van der Waals surface area contributed by atoms with Gasteiger partial charge in [0.05, 0.1) is 4.90 Å². The number of hydrogen-bond donors (Lipinski definition) is 1. The van der Waals surface area contributed by atoms with E-state index >= 15 is 0 Å². The second-order valence-electron chi connectivity index (χ2n) is 5.57. The molecule has 0 aliphatic carbocycles. The molecule has 7 nitrogen and oxygen atoms in total. The average Bonchev–Trinajstić information content (AvgIpc) is 2.86. The Morgan fingerprint density at radius 3 is 2.36 bits per heavy atom. The van der Waals surface area contributed by atoms with E-state index in [4.69, 9.17) is 4.74 Å². The van der Waals surface area contributed by atoms with Gasteiger partial charge in [0.15, 0.2) is 6.61 Å². The van der Waals surface area contributed by atoms with Crippen molar-refractivity contribution in [1.82, 2.24) is 9.29 Å². The summed E-state index contributed by atoms with van der Waals surface area (Å²) in [5.74, 6) is -1.15. The molecule has 0 aliphatic rings. The van der Waals surface area contributed by atoms with E-state index in [1.807, 2.05) is 18.5 Å². The molecule has 1 aromatic carbocycles. The molecular formula is C17H20N2O5S. The molecule has 0 spiro atoms. The lowest BCUT2D eigenvalue weighted by Crippen LogP contribution is -2.31. The number of ketones is 1. The molecule has 8 heteroatoms. The third-order valence-electron chi connectivity index (χ3n) is 3.90. The summed E-state index contributed by atoms with van der Waals surface area (Å²) in [5.41, 5.74) is 2.18. The van der Waals surface area contributed by atoms with Crippen molar-refractivity contribution in [3.8, 4) is 0 Å². The lowest BCUT2D eigenvalue weighted by molar-refractivity contribution is -0.141. The van der Waals surface area contributed by atoms with Gasteiger partial charge in [-0.25, -0.2) is 8.42 Å². The minimum Gasteiger partial charge on any atom is -0.456 e. The fourth-order valence-corrected chi connectivity index (χ4v) is 3.24. The number of aryl methyl sites for hydroxylation is 1. The van der Waals surface area contributed by atoms with Crippen molar-refractivity contribution in [3.05, 3.63) is 53.3 Å². The highest BCUT2D eigenvalue weighted by Gasteiger charge is 2.18. The number of sulfonamides is 1. The van der Waals surface area contributed by atoms with Crippen LogP contribution in [0.1, 0.15) is 21.7 Å². The molecule has 0 bridgehead atoms. The van der Waals surface area contributed by atoms with Gasteiger partial charge in [0.2, 0.25) is 15.8 Å². The summed E-state index contributed by atoms with van der Waals surface area (Å²) in [6, 6.07) is 9.40. The molecule has 1 N–H and O–H groups in total. The molecule has 2 rings (SSSR count). The van der Waals surface area contributed by atoms with E-state index in [0.29, 0.717) is 5.56 Å². The largest absolute Gasteiger partial charge is 0.456 e. The van der Waals surface area contributed by atoms with Crippen molar-refractivity contribution in [3.63, 3.8) is 0 Å². The quantitative estimate of drug-likeness (QED) is 0.591. The van der Waals surface area contributed by atoms with Crippen LogP contribution < -0.4 is 4.72 Å². The standard InChI is InChI=1S/C17H20N2O5S/c1-12-9-15(13(2)19(12)3)16(20)11-24-17(21)10-18-25(22,23)14-7-5-4-6-8-14/h4-9,18H,10-11H2,1-3H3. The number of hydrogen-bond acceptors (Lipinski definition) is 5. The van der Waals surface area contributed by atoms with Crippen molar-refractivity contribution in [1.29, 1.82) is 0 Å². The molecule has 0 saturated carbocycles. The van der Waals surface area contributed by atoms with Crippen molar-refractivity contribution in [2.45, 2.75) is 18.7 Å². The van der Waals surface area contributed by atoms with E-state index < -0.39 is 29.1 Å². The van der Waals surface area contributed by atoms with Crippen LogP contribution in [0.25, 0.3) is 0 Å².